The van der Waals surface area contributed by atoms with E-state index in [1.165, 1.54) is 6.08 Å². The minimum atomic E-state index is -0.395. The summed E-state index contributed by atoms with van der Waals surface area (Å²) >= 11 is 0. The van der Waals surface area contributed by atoms with E-state index in [4.69, 9.17) is 14.2 Å². The Labute approximate surface area is 200 Å². The lowest BCUT2D eigenvalue weighted by atomic mass is 10.1. The second kappa shape index (κ2) is 11.7. The van der Waals surface area contributed by atoms with Crippen molar-refractivity contribution in [3.8, 4) is 11.5 Å². The molecule has 176 valence electrons. The van der Waals surface area contributed by atoms with E-state index >= 15 is 0 Å². The van der Waals surface area contributed by atoms with Crippen LogP contribution in [0.25, 0.3) is 6.08 Å². The number of carbonyl (C=O) groups is 2. The highest BCUT2D eigenvalue weighted by molar-refractivity contribution is 6.02. The van der Waals surface area contributed by atoms with Gasteiger partial charge in [-0.05, 0) is 79.9 Å². The first-order valence-corrected chi connectivity index (χ1v) is 11.0. The van der Waals surface area contributed by atoms with Crippen LogP contribution in [0, 0.1) is 6.92 Å². The molecule has 3 aromatic carbocycles. The summed E-state index contributed by atoms with van der Waals surface area (Å²) in [4.78, 5) is 24.2. The molecule has 0 radical (unpaired) electrons. The summed E-state index contributed by atoms with van der Waals surface area (Å²) in [6.07, 6.45) is 2.94. The zero-order chi connectivity index (χ0) is 24.5. The van der Waals surface area contributed by atoms with E-state index in [1.54, 1.807) is 51.3 Å². The molecular formula is C28H29NO5. The highest BCUT2D eigenvalue weighted by Gasteiger charge is 2.10. The Balaban J connectivity index is 1.59. The topological polar surface area (TPSA) is 73.9 Å². The zero-order valence-electron chi connectivity index (χ0n) is 19.8. The Bertz CT molecular complexity index is 1170. The van der Waals surface area contributed by atoms with Gasteiger partial charge in [-0.3, -0.25) is 4.79 Å². The van der Waals surface area contributed by atoms with E-state index in [0.29, 0.717) is 29.4 Å². The fourth-order valence-electron chi connectivity index (χ4n) is 3.16. The van der Waals surface area contributed by atoms with Crippen molar-refractivity contribution in [2.24, 2.45) is 0 Å². The molecule has 3 rings (SSSR count). The summed E-state index contributed by atoms with van der Waals surface area (Å²) < 4.78 is 16.6. The SMILES string of the molecule is COc1cc(C=CC(=O)Nc2ccc(C(=O)OC(C)C)cc2)ccc1OCc1ccccc1C. The predicted octanol–water partition coefficient (Wildman–Crippen LogP) is 5.80. The van der Waals surface area contributed by atoms with Gasteiger partial charge in [0.2, 0.25) is 5.91 Å². The van der Waals surface area contributed by atoms with Crippen LogP contribution < -0.4 is 14.8 Å². The molecule has 0 bridgehead atoms. The molecule has 0 atom stereocenters. The van der Waals surface area contributed by atoms with Crippen molar-refractivity contribution in [3.05, 3.63) is 95.1 Å². The maximum atomic E-state index is 12.3. The smallest absolute Gasteiger partial charge is 0.338 e. The number of ether oxygens (including phenoxy) is 3. The Hall–Kier alpha value is -4.06. The zero-order valence-corrected chi connectivity index (χ0v) is 19.8. The van der Waals surface area contributed by atoms with Crippen molar-refractivity contribution >= 4 is 23.6 Å². The monoisotopic (exact) mass is 459 g/mol. The van der Waals surface area contributed by atoms with Gasteiger partial charge >= 0.3 is 5.97 Å². The van der Waals surface area contributed by atoms with E-state index < -0.39 is 5.97 Å². The molecule has 3 aromatic rings. The van der Waals surface area contributed by atoms with Crippen molar-refractivity contribution in [2.45, 2.75) is 33.5 Å². The van der Waals surface area contributed by atoms with Crippen LogP contribution in [0.4, 0.5) is 5.69 Å². The minimum Gasteiger partial charge on any atom is -0.493 e. The summed E-state index contributed by atoms with van der Waals surface area (Å²) in [7, 11) is 1.58. The number of benzene rings is 3. The lowest BCUT2D eigenvalue weighted by Crippen LogP contribution is -2.12. The number of anilines is 1. The van der Waals surface area contributed by atoms with Crippen molar-refractivity contribution < 1.29 is 23.8 Å². The molecule has 0 saturated carbocycles. The third kappa shape index (κ3) is 6.97. The molecular weight excluding hydrogens is 430 g/mol. The molecule has 6 nitrogen and oxygen atoms in total. The van der Waals surface area contributed by atoms with Gasteiger partial charge in [0.25, 0.3) is 0 Å². The molecule has 0 aliphatic rings. The molecule has 1 amide bonds. The van der Waals surface area contributed by atoms with E-state index in [2.05, 4.69) is 5.32 Å². The van der Waals surface area contributed by atoms with Crippen LogP contribution in [0.15, 0.2) is 72.8 Å². The largest absolute Gasteiger partial charge is 0.493 e. The lowest BCUT2D eigenvalue weighted by molar-refractivity contribution is -0.111. The van der Waals surface area contributed by atoms with Crippen LogP contribution in [0.1, 0.15) is 40.9 Å². The second-order valence-corrected chi connectivity index (χ2v) is 7.98. The van der Waals surface area contributed by atoms with Crippen LogP contribution in [0.5, 0.6) is 11.5 Å². The lowest BCUT2D eigenvalue weighted by Gasteiger charge is -2.12. The summed E-state index contributed by atoms with van der Waals surface area (Å²) in [5.41, 5.74) is 4.07. The first-order chi connectivity index (χ1) is 16.4. The van der Waals surface area contributed by atoms with Gasteiger partial charge in [-0.1, -0.05) is 30.3 Å². The van der Waals surface area contributed by atoms with Crippen LogP contribution in [-0.4, -0.2) is 25.1 Å². The maximum Gasteiger partial charge on any atom is 0.338 e. The van der Waals surface area contributed by atoms with Crippen LogP contribution in [0.2, 0.25) is 0 Å². The maximum absolute atomic E-state index is 12.3. The standard InChI is InChI=1S/C28H29NO5/c1-19(2)34-28(31)22-11-13-24(14-12-22)29-27(30)16-10-21-9-15-25(26(17-21)32-4)33-18-23-8-6-5-7-20(23)3/h5-17,19H,18H2,1-4H3,(H,29,30). The van der Waals surface area contributed by atoms with Gasteiger partial charge in [0.1, 0.15) is 6.61 Å². The number of methoxy groups -OCH3 is 1. The summed E-state index contributed by atoms with van der Waals surface area (Å²) in [6.45, 7) is 6.07. The van der Waals surface area contributed by atoms with Gasteiger partial charge in [-0.15, -0.1) is 0 Å². The van der Waals surface area contributed by atoms with E-state index in [0.717, 1.165) is 16.7 Å². The molecule has 0 saturated heterocycles. The van der Waals surface area contributed by atoms with Gasteiger partial charge in [-0.2, -0.15) is 0 Å². The molecule has 0 fully saturated rings. The third-order valence-corrected chi connectivity index (χ3v) is 4.99. The highest BCUT2D eigenvalue weighted by atomic mass is 16.5. The molecule has 0 heterocycles. The van der Waals surface area contributed by atoms with E-state index in [-0.39, 0.29) is 12.0 Å². The summed E-state index contributed by atoms with van der Waals surface area (Å²) in [6, 6.07) is 20.1. The summed E-state index contributed by atoms with van der Waals surface area (Å²) in [5.74, 6) is 0.521. The molecule has 0 aliphatic heterocycles. The van der Waals surface area contributed by atoms with Gasteiger partial charge < -0.3 is 19.5 Å². The normalized spacial score (nSPS) is 10.9. The van der Waals surface area contributed by atoms with Gasteiger partial charge in [0.15, 0.2) is 11.5 Å². The number of carbonyl (C=O) groups excluding carboxylic acids is 2. The number of aryl methyl sites for hydroxylation is 1. The summed E-state index contributed by atoms with van der Waals surface area (Å²) in [5, 5.41) is 2.77. The van der Waals surface area contributed by atoms with Gasteiger partial charge in [0.05, 0.1) is 18.8 Å². The van der Waals surface area contributed by atoms with Gasteiger partial charge in [0, 0.05) is 11.8 Å². The Morgan fingerprint density at radius 1 is 0.971 bits per heavy atom. The first kappa shape index (κ1) is 24.6. The van der Waals surface area contributed by atoms with Crippen molar-refractivity contribution in [1.82, 2.24) is 0 Å². The Kier molecular flexibility index (Phi) is 8.46. The average Bonchev–Trinajstić information content (AvgIpc) is 2.82. The average molecular weight is 460 g/mol. The van der Waals surface area contributed by atoms with Crippen molar-refractivity contribution in [2.75, 3.05) is 12.4 Å². The minimum absolute atomic E-state index is 0.190. The van der Waals surface area contributed by atoms with Gasteiger partial charge in [-0.25, -0.2) is 4.79 Å². The number of rotatable bonds is 9. The molecule has 34 heavy (non-hydrogen) atoms. The Morgan fingerprint density at radius 3 is 2.38 bits per heavy atom. The fraction of sp³-hybridized carbons (Fsp3) is 0.214. The van der Waals surface area contributed by atoms with Crippen LogP contribution in [-0.2, 0) is 16.1 Å². The molecule has 0 aliphatic carbocycles. The third-order valence-electron chi connectivity index (χ3n) is 4.99. The van der Waals surface area contributed by atoms with E-state index in [1.807, 2.05) is 49.4 Å². The Morgan fingerprint density at radius 2 is 1.71 bits per heavy atom. The number of amides is 1. The second-order valence-electron chi connectivity index (χ2n) is 7.98. The number of hydrogen-bond donors (Lipinski definition) is 1. The molecule has 0 spiro atoms. The number of esters is 1. The highest BCUT2D eigenvalue weighted by Crippen LogP contribution is 2.29. The molecule has 1 N–H and O–H groups in total. The number of nitrogens with one attached hydrogen (secondary N) is 1. The molecule has 0 aromatic heterocycles. The predicted molar refractivity (Wildman–Crippen MR) is 133 cm³/mol. The number of hydrogen-bond acceptors (Lipinski definition) is 5. The van der Waals surface area contributed by atoms with E-state index in [9.17, 15) is 9.59 Å². The van der Waals surface area contributed by atoms with Crippen molar-refractivity contribution in [3.63, 3.8) is 0 Å². The van der Waals surface area contributed by atoms with Crippen LogP contribution in [0.3, 0.4) is 0 Å². The quantitative estimate of drug-likeness (QED) is 0.323. The van der Waals surface area contributed by atoms with Crippen molar-refractivity contribution in [1.29, 1.82) is 0 Å². The molecule has 6 heteroatoms. The molecule has 0 unspecified atom stereocenters. The van der Waals surface area contributed by atoms with Crippen LogP contribution >= 0.6 is 0 Å². The first-order valence-electron chi connectivity index (χ1n) is 11.0. The fourth-order valence-corrected chi connectivity index (χ4v) is 3.16.